The summed E-state index contributed by atoms with van der Waals surface area (Å²) in [6.07, 6.45) is -6.70. The standard InChI is InChI=1S/C12H17FN4O7/c1-5(18)22-4-7-9(13)11(23-6(2)19)10(12(21)24-7)16-8(20)3-15-17-14/h7,9-12,21H,3-4H2,1-2H3,(H,16,20)/t7-,9-,10-,11+,12+/m1/s1. The highest BCUT2D eigenvalue weighted by Crippen LogP contribution is 2.25. The highest BCUT2D eigenvalue weighted by molar-refractivity contribution is 5.78. The van der Waals surface area contributed by atoms with Crippen molar-refractivity contribution < 1.29 is 38.1 Å². The molecule has 0 saturated carbocycles. The zero-order chi connectivity index (χ0) is 18.3. The summed E-state index contributed by atoms with van der Waals surface area (Å²) in [4.78, 5) is 35.9. The number of esters is 2. The van der Waals surface area contributed by atoms with Gasteiger partial charge in [0.25, 0.3) is 0 Å². The van der Waals surface area contributed by atoms with Crippen LogP contribution in [0.4, 0.5) is 4.39 Å². The van der Waals surface area contributed by atoms with Gasteiger partial charge in [-0.1, -0.05) is 5.11 Å². The van der Waals surface area contributed by atoms with Crippen LogP contribution in [-0.2, 0) is 28.6 Å². The summed E-state index contributed by atoms with van der Waals surface area (Å²) in [6.45, 7) is 1.02. The van der Waals surface area contributed by atoms with Crippen LogP contribution in [0.25, 0.3) is 10.4 Å². The molecule has 1 saturated heterocycles. The summed E-state index contributed by atoms with van der Waals surface area (Å²) < 4.78 is 28.9. The van der Waals surface area contributed by atoms with E-state index in [0.717, 1.165) is 13.8 Å². The van der Waals surface area contributed by atoms with Crippen LogP contribution in [-0.4, -0.2) is 66.8 Å². The fourth-order valence-corrected chi connectivity index (χ4v) is 2.05. The van der Waals surface area contributed by atoms with E-state index in [1.54, 1.807) is 0 Å². The molecule has 0 radical (unpaired) electrons. The summed E-state index contributed by atoms with van der Waals surface area (Å²) in [5.74, 6) is -2.37. The molecular formula is C12H17FN4O7. The molecule has 2 N–H and O–H groups in total. The summed E-state index contributed by atoms with van der Waals surface area (Å²) in [7, 11) is 0. The fourth-order valence-electron chi connectivity index (χ4n) is 2.05. The van der Waals surface area contributed by atoms with E-state index >= 15 is 0 Å². The van der Waals surface area contributed by atoms with Crippen molar-refractivity contribution in [3.63, 3.8) is 0 Å². The summed E-state index contributed by atoms with van der Waals surface area (Å²) >= 11 is 0. The van der Waals surface area contributed by atoms with Gasteiger partial charge in [0, 0.05) is 18.8 Å². The topological polar surface area (TPSA) is 160 Å². The number of nitrogens with one attached hydrogen (secondary N) is 1. The monoisotopic (exact) mass is 348 g/mol. The maximum Gasteiger partial charge on any atom is 0.303 e. The third kappa shape index (κ3) is 5.65. The predicted molar refractivity (Wildman–Crippen MR) is 73.9 cm³/mol. The first-order chi connectivity index (χ1) is 11.3. The number of hydrogen-bond donors (Lipinski definition) is 2. The molecule has 0 spiro atoms. The Morgan fingerprint density at radius 3 is 2.58 bits per heavy atom. The van der Waals surface area contributed by atoms with Crippen molar-refractivity contribution in [3.8, 4) is 0 Å². The van der Waals surface area contributed by atoms with Crippen LogP contribution in [0.5, 0.6) is 0 Å². The van der Waals surface area contributed by atoms with E-state index in [1.807, 2.05) is 0 Å². The number of aliphatic hydroxyl groups is 1. The first kappa shape index (κ1) is 19.6. The zero-order valence-corrected chi connectivity index (χ0v) is 12.9. The molecule has 0 aromatic heterocycles. The molecule has 1 heterocycles. The summed E-state index contributed by atoms with van der Waals surface area (Å²) in [5.41, 5.74) is 8.16. The third-order valence-electron chi connectivity index (χ3n) is 3.00. The van der Waals surface area contributed by atoms with E-state index in [-0.39, 0.29) is 0 Å². The van der Waals surface area contributed by atoms with Crippen molar-refractivity contribution in [1.82, 2.24) is 5.32 Å². The molecule has 0 bridgehead atoms. The normalized spacial score (nSPS) is 29.1. The Morgan fingerprint density at radius 1 is 1.38 bits per heavy atom. The molecule has 1 fully saturated rings. The lowest BCUT2D eigenvalue weighted by Gasteiger charge is -2.41. The minimum Gasteiger partial charge on any atom is -0.463 e. The Bertz CT molecular complexity index is 539. The molecule has 12 heteroatoms. The number of carbonyl (C=O) groups is 3. The van der Waals surface area contributed by atoms with Gasteiger partial charge in [-0.15, -0.1) is 0 Å². The number of nitrogens with zero attached hydrogens (tertiary/aromatic N) is 3. The van der Waals surface area contributed by atoms with Gasteiger partial charge in [-0.05, 0) is 5.53 Å². The summed E-state index contributed by atoms with van der Waals surface area (Å²) in [6, 6.07) is -1.43. The fraction of sp³-hybridized carbons (Fsp3) is 0.750. The number of azide groups is 1. The largest absolute Gasteiger partial charge is 0.463 e. The summed E-state index contributed by atoms with van der Waals surface area (Å²) in [5, 5.41) is 15.1. The number of halogens is 1. The van der Waals surface area contributed by atoms with Gasteiger partial charge in [0.2, 0.25) is 5.91 Å². The molecule has 1 aliphatic heterocycles. The van der Waals surface area contributed by atoms with Crippen molar-refractivity contribution in [2.24, 2.45) is 5.11 Å². The minimum atomic E-state index is -1.98. The molecule has 134 valence electrons. The van der Waals surface area contributed by atoms with Crippen molar-refractivity contribution in [2.45, 2.75) is 44.6 Å². The predicted octanol–water partition coefficient (Wildman–Crippen LogP) is -0.668. The van der Waals surface area contributed by atoms with Gasteiger partial charge in [-0.2, -0.15) is 0 Å². The van der Waals surface area contributed by atoms with Crippen molar-refractivity contribution in [2.75, 3.05) is 13.2 Å². The Hall–Kier alpha value is -2.43. The second-order valence-electron chi connectivity index (χ2n) is 4.87. The second kappa shape index (κ2) is 9.01. The van der Waals surface area contributed by atoms with Gasteiger partial charge in [-0.25, -0.2) is 4.39 Å². The quantitative estimate of drug-likeness (QED) is 0.278. The van der Waals surface area contributed by atoms with E-state index in [0.29, 0.717) is 0 Å². The van der Waals surface area contributed by atoms with Crippen molar-refractivity contribution in [3.05, 3.63) is 10.4 Å². The number of rotatable bonds is 6. The third-order valence-corrected chi connectivity index (χ3v) is 3.00. The molecule has 0 aromatic rings. The average Bonchev–Trinajstić information content (AvgIpc) is 2.50. The number of aliphatic hydroxyl groups excluding tert-OH is 1. The Kier molecular flexibility index (Phi) is 7.36. The van der Waals surface area contributed by atoms with Crippen LogP contribution in [0.15, 0.2) is 5.11 Å². The Morgan fingerprint density at radius 2 is 2.04 bits per heavy atom. The lowest BCUT2D eigenvalue weighted by Crippen LogP contribution is -2.64. The van der Waals surface area contributed by atoms with E-state index in [1.165, 1.54) is 0 Å². The smallest absolute Gasteiger partial charge is 0.303 e. The number of hydrogen-bond acceptors (Lipinski definition) is 8. The number of amides is 1. The van der Waals surface area contributed by atoms with Crippen LogP contribution >= 0.6 is 0 Å². The molecule has 24 heavy (non-hydrogen) atoms. The van der Waals surface area contributed by atoms with Crippen molar-refractivity contribution in [1.29, 1.82) is 0 Å². The minimum absolute atomic E-state index is 0.509. The lowest BCUT2D eigenvalue weighted by molar-refractivity contribution is -0.247. The van der Waals surface area contributed by atoms with Gasteiger partial charge >= 0.3 is 11.9 Å². The van der Waals surface area contributed by atoms with E-state index in [9.17, 15) is 23.9 Å². The molecule has 1 amide bonds. The molecule has 1 aliphatic rings. The van der Waals surface area contributed by atoms with Crippen LogP contribution < -0.4 is 5.32 Å². The maximum absolute atomic E-state index is 14.5. The second-order valence-corrected chi connectivity index (χ2v) is 4.87. The average molecular weight is 348 g/mol. The number of carbonyl (C=O) groups excluding carboxylic acids is 3. The maximum atomic E-state index is 14.5. The van der Waals surface area contributed by atoms with E-state index < -0.39 is 61.7 Å². The highest BCUT2D eigenvalue weighted by Gasteiger charge is 2.48. The molecule has 0 aliphatic carbocycles. The number of alkyl halides is 1. The molecule has 5 atom stereocenters. The van der Waals surface area contributed by atoms with Crippen LogP contribution in [0.2, 0.25) is 0 Å². The first-order valence-electron chi connectivity index (χ1n) is 6.84. The van der Waals surface area contributed by atoms with Crippen LogP contribution in [0, 0.1) is 0 Å². The van der Waals surface area contributed by atoms with E-state index in [4.69, 9.17) is 15.0 Å². The molecular weight excluding hydrogens is 331 g/mol. The van der Waals surface area contributed by atoms with E-state index in [2.05, 4.69) is 20.1 Å². The molecule has 1 rings (SSSR count). The Labute approximate surface area is 135 Å². The van der Waals surface area contributed by atoms with Gasteiger partial charge in [-0.3, -0.25) is 14.4 Å². The van der Waals surface area contributed by atoms with Gasteiger partial charge < -0.3 is 24.6 Å². The van der Waals surface area contributed by atoms with Crippen LogP contribution in [0.1, 0.15) is 13.8 Å². The SMILES string of the molecule is CC(=O)OC[C@H]1O[C@H](O)[C@H](NC(=O)CN=[N+]=[N-])[C@@H](OC(C)=O)[C@@H]1F. The first-order valence-corrected chi connectivity index (χ1v) is 6.84. The van der Waals surface area contributed by atoms with Crippen LogP contribution in [0.3, 0.4) is 0 Å². The molecule has 11 nitrogen and oxygen atoms in total. The van der Waals surface area contributed by atoms with Gasteiger partial charge in [0.1, 0.15) is 25.3 Å². The molecule has 0 aromatic carbocycles. The lowest BCUT2D eigenvalue weighted by atomic mass is 9.97. The molecule has 0 unspecified atom stereocenters. The Balaban J connectivity index is 2.88. The van der Waals surface area contributed by atoms with Crippen molar-refractivity contribution >= 4 is 17.8 Å². The van der Waals surface area contributed by atoms with Gasteiger partial charge in [0.15, 0.2) is 18.6 Å². The van der Waals surface area contributed by atoms with Gasteiger partial charge in [0.05, 0.1) is 0 Å². The zero-order valence-electron chi connectivity index (χ0n) is 12.9. The highest BCUT2D eigenvalue weighted by atomic mass is 19.1. The number of ether oxygens (including phenoxy) is 3.